The summed E-state index contributed by atoms with van der Waals surface area (Å²) in [7, 11) is 0. The van der Waals surface area contributed by atoms with Gasteiger partial charge in [0.15, 0.2) is 6.10 Å². The van der Waals surface area contributed by atoms with Crippen LogP contribution in [0.2, 0.25) is 10.0 Å². The topological polar surface area (TPSA) is 55.4 Å². The first-order valence-corrected chi connectivity index (χ1v) is 8.12. The van der Waals surface area contributed by atoms with E-state index in [0.29, 0.717) is 15.7 Å². The van der Waals surface area contributed by atoms with E-state index in [4.69, 9.17) is 27.9 Å². The molecule has 7 heteroatoms. The number of carbonyl (C=O) groups is 2. The fourth-order valence-electron chi connectivity index (χ4n) is 1.68. The highest BCUT2D eigenvalue weighted by Crippen LogP contribution is 2.25. The number of hydrogen-bond donors (Lipinski definition) is 1. The molecule has 0 aliphatic carbocycles. The van der Waals surface area contributed by atoms with Gasteiger partial charge in [-0.25, -0.2) is 0 Å². The molecule has 0 aliphatic heterocycles. The van der Waals surface area contributed by atoms with Crippen LogP contribution in [-0.4, -0.2) is 18.0 Å². The lowest BCUT2D eigenvalue weighted by molar-refractivity contribution is -0.152. The summed E-state index contributed by atoms with van der Waals surface area (Å²) in [6, 6.07) is 6.56. The van der Waals surface area contributed by atoms with Crippen molar-refractivity contribution in [3.05, 3.63) is 50.6 Å². The van der Waals surface area contributed by atoms with Gasteiger partial charge in [0.05, 0.1) is 17.1 Å². The molecule has 1 amide bonds. The zero-order valence-corrected chi connectivity index (χ0v) is 14.0. The van der Waals surface area contributed by atoms with Crippen LogP contribution in [0.5, 0.6) is 0 Å². The molecule has 0 spiro atoms. The Balaban J connectivity index is 1.91. The van der Waals surface area contributed by atoms with E-state index in [-0.39, 0.29) is 6.42 Å². The maximum Gasteiger partial charge on any atom is 0.311 e. The van der Waals surface area contributed by atoms with Gasteiger partial charge in [-0.05, 0) is 47.5 Å². The van der Waals surface area contributed by atoms with Crippen LogP contribution in [0.4, 0.5) is 5.69 Å². The van der Waals surface area contributed by atoms with Crippen LogP contribution in [0.25, 0.3) is 0 Å². The number of hydrogen-bond acceptors (Lipinski definition) is 4. The Labute approximate surface area is 142 Å². The van der Waals surface area contributed by atoms with Gasteiger partial charge in [0.2, 0.25) is 0 Å². The van der Waals surface area contributed by atoms with Crippen molar-refractivity contribution < 1.29 is 14.3 Å². The van der Waals surface area contributed by atoms with Gasteiger partial charge in [-0.2, -0.15) is 11.3 Å². The predicted molar refractivity (Wildman–Crippen MR) is 88.7 cm³/mol. The number of amides is 1. The van der Waals surface area contributed by atoms with E-state index in [1.54, 1.807) is 12.1 Å². The Bertz CT molecular complexity index is 673. The van der Waals surface area contributed by atoms with Crippen molar-refractivity contribution in [2.24, 2.45) is 0 Å². The second kappa shape index (κ2) is 7.63. The first-order chi connectivity index (χ1) is 10.5. The second-order valence-corrected chi connectivity index (χ2v) is 6.18. The quantitative estimate of drug-likeness (QED) is 0.817. The zero-order chi connectivity index (χ0) is 16.1. The average Bonchev–Trinajstić information content (AvgIpc) is 2.95. The number of halogens is 2. The van der Waals surface area contributed by atoms with E-state index in [0.717, 1.165) is 5.56 Å². The Morgan fingerprint density at radius 2 is 2.09 bits per heavy atom. The van der Waals surface area contributed by atoms with Gasteiger partial charge in [-0.1, -0.05) is 23.2 Å². The van der Waals surface area contributed by atoms with Crippen molar-refractivity contribution in [2.45, 2.75) is 19.4 Å². The summed E-state index contributed by atoms with van der Waals surface area (Å²) in [4.78, 5) is 23.8. The molecule has 2 aromatic rings. The van der Waals surface area contributed by atoms with Crippen molar-refractivity contribution >= 4 is 52.1 Å². The number of carbonyl (C=O) groups excluding carboxylic acids is 2. The number of thiophene rings is 1. The molecule has 0 radical (unpaired) electrons. The molecule has 1 atom stereocenters. The molecule has 0 aliphatic rings. The van der Waals surface area contributed by atoms with Gasteiger partial charge in [0, 0.05) is 5.02 Å². The number of nitrogens with one attached hydrogen (secondary N) is 1. The summed E-state index contributed by atoms with van der Waals surface area (Å²) >= 11 is 13.3. The molecule has 116 valence electrons. The average molecular weight is 358 g/mol. The third-order valence-electron chi connectivity index (χ3n) is 2.79. The Morgan fingerprint density at radius 1 is 1.32 bits per heavy atom. The van der Waals surface area contributed by atoms with Crippen LogP contribution in [0.15, 0.2) is 35.0 Å². The molecule has 0 saturated heterocycles. The Hall–Kier alpha value is -1.56. The van der Waals surface area contributed by atoms with Crippen molar-refractivity contribution in [3.63, 3.8) is 0 Å². The highest BCUT2D eigenvalue weighted by Gasteiger charge is 2.19. The van der Waals surface area contributed by atoms with Crippen molar-refractivity contribution in [2.75, 3.05) is 5.32 Å². The molecule has 0 saturated carbocycles. The van der Waals surface area contributed by atoms with Crippen LogP contribution in [0.1, 0.15) is 12.5 Å². The largest absolute Gasteiger partial charge is 0.452 e. The predicted octanol–water partition coefficient (Wildman–Crippen LogP) is 4.17. The van der Waals surface area contributed by atoms with Gasteiger partial charge in [0.25, 0.3) is 5.91 Å². The minimum atomic E-state index is -0.929. The normalized spacial score (nSPS) is 11.8. The maximum absolute atomic E-state index is 12.0. The van der Waals surface area contributed by atoms with Crippen LogP contribution in [-0.2, 0) is 20.7 Å². The number of rotatable bonds is 5. The minimum Gasteiger partial charge on any atom is -0.452 e. The van der Waals surface area contributed by atoms with E-state index in [9.17, 15) is 9.59 Å². The second-order valence-electron chi connectivity index (χ2n) is 4.55. The summed E-state index contributed by atoms with van der Waals surface area (Å²) in [5, 5.41) is 7.12. The van der Waals surface area contributed by atoms with Gasteiger partial charge in [0.1, 0.15) is 0 Å². The van der Waals surface area contributed by atoms with Crippen molar-refractivity contribution in [1.29, 1.82) is 0 Å². The molecule has 1 aromatic carbocycles. The summed E-state index contributed by atoms with van der Waals surface area (Å²) in [6.45, 7) is 1.50. The summed E-state index contributed by atoms with van der Waals surface area (Å²) in [5.41, 5.74) is 1.24. The van der Waals surface area contributed by atoms with E-state index in [1.807, 2.05) is 16.8 Å². The molecule has 1 aromatic heterocycles. The lowest BCUT2D eigenvalue weighted by Crippen LogP contribution is -2.30. The van der Waals surface area contributed by atoms with Gasteiger partial charge < -0.3 is 10.1 Å². The van der Waals surface area contributed by atoms with Crippen molar-refractivity contribution in [1.82, 2.24) is 0 Å². The molecule has 0 fully saturated rings. The number of anilines is 1. The zero-order valence-electron chi connectivity index (χ0n) is 11.6. The summed E-state index contributed by atoms with van der Waals surface area (Å²) < 4.78 is 5.11. The molecular formula is C15H13Cl2NO3S. The molecule has 22 heavy (non-hydrogen) atoms. The van der Waals surface area contributed by atoms with Crippen LogP contribution < -0.4 is 5.32 Å². The highest BCUT2D eigenvalue weighted by molar-refractivity contribution is 7.08. The molecule has 0 bridgehead atoms. The lowest BCUT2D eigenvalue weighted by Gasteiger charge is -2.14. The molecule has 1 N–H and O–H groups in total. The van der Waals surface area contributed by atoms with E-state index < -0.39 is 18.0 Å². The number of benzene rings is 1. The highest BCUT2D eigenvalue weighted by atomic mass is 35.5. The van der Waals surface area contributed by atoms with E-state index in [1.165, 1.54) is 24.3 Å². The van der Waals surface area contributed by atoms with E-state index in [2.05, 4.69) is 5.32 Å². The number of esters is 1. The minimum absolute atomic E-state index is 0.138. The van der Waals surface area contributed by atoms with Gasteiger partial charge >= 0.3 is 5.97 Å². The third kappa shape index (κ3) is 4.73. The lowest BCUT2D eigenvalue weighted by atomic mass is 10.2. The number of ether oxygens (including phenoxy) is 1. The van der Waals surface area contributed by atoms with Crippen LogP contribution in [0, 0.1) is 0 Å². The summed E-state index contributed by atoms with van der Waals surface area (Å²) in [5.74, 6) is -0.930. The standard InChI is InChI=1S/C15H13Cl2NO3S/c1-9(21-14(19)6-10-4-5-22-8-10)15(20)18-13-7-11(16)2-3-12(13)17/h2-5,7-9H,6H2,1H3,(H,18,20)/t9-/m1/s1. The Kier molecular flexibility index (Phi) is 5.83. The smallest absolute Gasteiger partial charge is 0.311 e. The SMILES string of the molecule is C[C@@H](OC(=O)Cc1ccsc1)C(=O)Nc1cc(Cl)ccc1Cl. The first-order valence-electron chi connectivity index (χ1n) is 6.42. The first kappa shape index (κ1) is 16.8. The molecule has 1 heterocycles. The maximum atomic E-state index is 12.0. The third-order valence-corrected chi connectivity index (χ3v) is 4.09. The Morgan fingerprint density at radius 3 is 2.77 bits per heavy atom. The van der Waals surface area contributed by atoms with Crippen LogP contribution in [0.3, 0.4) is 0 Å². The fraction of sp³-hybridized carbons (Fsp3) is 0.200. The molecular weight excluding hydrogens is 345 g/mol. The van der Waals surface area contributed by atoms with Gasteiger partial charge in [-0.3, -0.25) is 9.59 Å². The monoisotopic (exact) mass is 357 g/mol. The molecule has 4 nitrogen and oxygen atoms in total. The van der Waals surface area contributed by atoms with Gasteiger partial charge in [-0.15, -0.1) is 0 Å². The van der Waals surface area contributed by atoms with E-state index >= 15 is 0 Å². The molecule has 0 unspecified atom stereocenters. The van der Waals surface area contributed by atoms with Crippen LogP contribution >= 0.6 is 34.5 Å². The summed E-state index contributed by atoms with van der Waals surface area (Å²) in [6.07, 6.45) is -0.792. The molecule has 2 rings (SSSR count). The fourth-order valence-corrected chi connectivity index (χ4v) is 2.69. The van der Waals surface area contributed by atoms with Crippen molar-refractivity contribution in [3.8, 4) is 0 Å².